The van der Waals surface area contributed by atoms with Crippen LogP contribution in [0.5, 0.6) is 0 Å². The Kier molecular flexibility index (Phi) is 5.49. The second kappa shape index (κ2) is 7.97. The summed E-state index contributed by atoms with van der Waals surface area (Å²) in [5.41, 5.74) is 3.12. The Morgan fingerprint density at radius 3 is 2.16 bits per heavy atom. The first-order valence-corrected chi connectivity index (χ1v) is 8.82. The van der Waals surface area contributed by atoms with Gasteiger partial charge in [-0.05, 0) is 42.0 Å². The molecule has 2 aromatic carbocycles. The first-order chi connectivity index (χ1) is 12.1. The molecule has 0 saturated carbocycles. The fourth-order valence-electron chi connectivity index (χ4n) is 3.30. The standard InChI is InChI=1S/C21H24N2O2/c1-16(24)23-13-11-17(12-14-23)15-21(25)22-20-9-7-19(8-10-20)18-5-3-2-4-6-18/h2-10,17H,11-15H2,1H3,(H,22,25). The summed E-state index contributed by atoms with van der Waals surface area (Å²) >= 11 is 0. The van der Waals surface area contributed by atoms with Gasteiger partial charge in [-0.25, -0.2) is 0 Å². The third-order valence-electron chi connectivity index (χ3n) is 4.81. The van der Waals surface area contributed by atoms with Gasteiger partial charge < -0.3 is 10.2 Å². The molecule has 1 saturated heterocycles. The molecule has 130 valence electrons. The van der Waals surface area contributed by atoms with Crippen LogP contribution in [0, 0.1) is 5.92 Å². The van der Waals surface area contributed by atoms with Crippen LogP contribution >= 0.6 is 0 Å². The first kappa shape index (κ1) is 17.2. The molecule has 0 atom stereocenters. The molecule has 2 aromatic rings. The van der Waals surface area contributed by atoms with Gasteiger partial charge in [0.15, 0.2) is 0 Å². The summed E-state index contributed by atoms with van der Waals surface area (Å²) in [5.74, 6) is 0.536. The van der Waals surface area contributed by atoms with E-state index < -0.39 is 0 Å². The minimum absolute atomic E-state index is 0.0498. The summed E-state index contributed by atoms with van der Waals surface area (Å²) in [7, 11) is 0. The number of nitrogens with zero attached hydrogens (tertiary/aromatic N) is 1. The average molecular weight is 336 g/mol. The van der Waals surface area contributed by atoms with E-state index in [1.807, 2.05) is 47.4 Å². The van der Waals surface area contributed by atoms with E-state index in [0.29, 0.717) is 12.3 Å². The molecule has 0 aromatic heterocycles. The summed E-state index contributed by atoms with van der Waals surface area (Å²) < 4.78 is 0. The lowest BCUT2D eigenvalue weighted by Crippen LogP contribution is -2.37. The summed E-state index contributed by atoms with van der Waals surface area (Å²) in [4.78, 5) is 25.5. The van der Waals surface area contributed by atoms with Crippen molar-refractivity contribution in [3.8, 4) is 11.1 Å². The van der Waals surface area contributed by atoms with Crippen LogP contribution in [0.1, 0.15) is 26.2 Å². The lowest BCUT2D eigenvalue weighted by atomic mass is 9.93. The van der Waals surface area contributed by atoms with Gasteiger partial charge in [0.25, 0.3) is 0 Å². The fraction of sp³-hybridized carbons (Fsp3) is 0.333. The number of rotatable bonds is 4. The van der Waals surface area contributed by atoms with Gasteiger partial charge in [-0.2, -0.15) is 0 Å². The number of likely N-dealkylation sites (tertiary alicyclic amines) is 1. The van der Waals surface area contributed by atoms with Gasteiger partial charge in [0.05, 0.1) is 0 Å². The number of hydrogen-bond donors (Lipinski definition) is 1. The van der Waals surface area contributed by atoms with E-state index >= 15 is 0 Å². The van der Waals surface area contributed by atoms with E-state index in [1.165, 1.54) is 0 Å². The van der Waals surface area contributed by atoms with E-state index in [1.54, 1.807) is 6.92 Å². The highest BCUT2D eigenvalue weighted by atomic mass is 16.2. The maximum Gasteiger partial charge on any atom is 0.224 e. The van der Waals surface area contributed by atoms with Gasteiger partial charge in [-0.3, -0.25) is 9.59 Å². The molecule has 4 heteroatoms. The topological polar surface area (TPSA) is 49.4 Å². The number of benzene rings is 2. The molecule has 0 spiro atoms. The lowest BCUT2D eigenvalue weighted by molar-refractivity contribution is -0.130. The van der Waals surface area contributed by atoms with Crippen LogP contribution < -0.4 is 5.32 Å². The monoisotopic (exact) mass is 336 g/mol. The van der Waals surface area contributed by atoms with Crippen LogP contribution in [-0.4, -0.2) is 29.8 Å². The van der Waals surface area contributed by atoms with Gasteiger partial charge in [0.2, 0.25) is 11.8 Å². The lowest BCUT2D eigenvalue weighted by Gasteiger charge is -2.30. The summed E-state index contributed by atoms with van der Waals surface area (Å²) in [5, 5.41) is 2.98. The fourth-order valence-corrected chi connectivity index (χ4v) is 3.30. The van der Waals surface area contributed by atoms with Gasteiger partial charge >= 0.3 is 0 Å². The van der Waals surface area contributed by atoms with Crippen LogP contribution in [0.25, 0.3) is 11.1 Å². The Morgan fingerprint density at radius 2 is 1.56 bits per heavy atom. The van der Waals surface area contributed by atoms with Crippen LogP contribution in [-0.2, 0) is 9.59 Å². The van der Waals surface area contributed by atoms with Crippen molar-refractivity contribution < 1.29 is 9.59 Å². The SMILES string of the molecule is CC(=O)N1CCC(CC(=O)Nc2ccc(-c3ccccc3)cc2)CC1. The third kappa shape index (κ3) is 4.69. The van der Waals surface area contributed by atoms with Crippen molar-refractivity contribution in [2.24, 2.45) is 5.92 Å². The van der Waals surface area contributed by atoms with E-state index in [9.17, 15) is 9.59 Å². The number of nitrogens with one attached hydrogen (secondary N) is 1. The molecular weight excluding hydrogens is 312 g/mol. The number of carbonyl (C=O) groups excluding carboxylic acids is 2. The predicted octanol–water partition coefficient (Wildman–Crippen LogP) is 3.94. The molecule has 1 aliphatic heterocycles. The van der Waals surface area contributed by atoms with E-state index in [2.05, 4.69) is 17.4 Å². The quantitative estimate of drug-likeness (QED) is 0.919. The molecular formula is C21H24N2O2. The maximum absolute atomic E-state index is 12.3. The number of hydrogen-bond acceptors (Lipinski definition) is 2. The van der Waals surface area contributed by atoms with Crippen molar-refractivity contribution in [3.63, 3.8) is 0 Å². The molecule has 0 radical (unpaired) electrons. The van der Waals surface area contributed by atoms with Crippen molar-refractivity contribution in [3.05, 3.63) is 54.6 Å². The van der Waals surface area contributed by atoms with Gasteiger partial charge in [-0.15, -0.1) is 0 Å². The van der Waals surface area contributed by atoms with Crippen molar-refractivity contribution in [1.82, 2.24) is 4.90 Å². The number of amides is 2. The molecule has 4 nitrogen and oxygen atoms in total. The second-order valence-electron chi connectivity index (χ2n) is 6.65. The maximum atomic E-state index is 12.3. The molecule has 1 heterocycles. The highest BCUT2D eigenvalue weighted by molar-refractivity contribution is 5.91. The largest absolute Gasteiger partial charge is 0.343 e. The predicted molar refractivity (Wildman–Crippen MR) is 100 cm³/mol. The molecule has 0 unspecified atom stereocenters. The van der Waals surface area contributed by atoms with Crippen molar-refractivity contribution in [1.29, 1.82) is 0 Å². The zero-order valence-electron chi connectivity index (χ0n) is 14.6. The van der Waals surface area contributed by atoms with Crippen molar-refractivity contribution in [2.45, 2.75) is 26.2 Å². The highest BCUT2D eigenvalue weighted by Crippen LogP contribution is 2.23. The van der Waals surface area contributed by atoms with Crippen LogP contribution in [0.4, 0.5) is 5.69 Å². The smallest absolute Gasteiger partial charge is 0.224 e. The Labute approximate surface area is 148 Å². The van der Waals surface area contributed by atoms with Gasteiger partial charge in [0, 0.05) is 32.1 Å². The molecule has 1 fully saturated rings. The number of piperidine rings is 1. The summed E-state index contributed by atoms with van der Waals surface area (Å²) in [6.07, 6.45) is 2.33. The Balaban J connectivity index is 1.51. The summed E-state index contributed by atoms with van der Waals surface area (Å²) in [6, 6.07) is 18.1. The molecule has 1 aliphatic rings. The Hall–Kier alpha value is -2.62. The van der Waals surface area contributed by atoms with E-state index in [-0.39, 0.29) is 11.8 Å². The summed E-state index contributed by atoms with van der Waals surface area (Å²) in [6.45, 7) is 3.13. The Morgan fingerprint density at radius 1 is 0.960 bits per heavy atom. The molecule has 25 heavy (non-hydrogen) atoms. The number of carbonyl (C=O) groups is 2. The highest BCUT2D eigenvalue weighted by Gasteiger charge is 2.22. The Bertz CT molecular complexity index is 717. The van der Waals surface area contributed by atoms with Crippen molar-refractivity contribution >= 4 is 17.5 Å². The van der Waals surface area contributed by atoms with Crippen LogP contribution in [0.2, 0.25) is 0 Å². The molecule has 0 bridgehead atoms. The average Bonchev–Trinajstić information content (AvgIpc) is 2.63. The molecule has 0 aliphatic carbocycles. The zero-order chi connectivity index (χ0) is 17.6. The second-order valence-corrected chi connectivity index (χ2v) is 6.65. The molecule has 2 amide bonds. The third-order valence-corrected chi connectivity index (χ3v) is 4.81. The molecule has 1 N–H and O–H groups in total. The minimum atomic E-state index is 0.0498. The minimum Gasteiger partial charge on any atom is -0.343 e. The zero-order valence-corrected chi connectivity index (χ0v) is 14.6. The normalized spacial score (nSPS) is 15.0. The van der Waals surface area contributed by atoms with E-state index in [4.69, 9.17) is 0 Å². The van der Waals surface area contributed by atoms with Gasteiger partial charge in [0.1, 0.15) is 0 Å². The molecule has 3 rings (SSSR count). The van der Waals surface area contributed by atoms with Gasteiger partial charge in [-0.1, -0.05) is 42.5 Å². The van der Waals surface area contributed by atoms with E-state index in [0.717, 1.165) is 42.7 Å². The van der Waals surface area contributed by atoms with Crippen molar-refractivity contribution in [2.75, 3.05) is 18.4 Å². The number of anilines is 1. The van der Waals surface area contributed by atoms with Crippen LogP contribution in [0.3, 0.4) is 0 Å². The first-order valence-electron chi connectivity index (χ1n) is 8.82. The van der Waals surface area contributed by atoms with Crippen LogP contribution in [0.15, 0.2) is 54.6 Å².